The molecule has 1 unspecified atom stereocenters. The second-order valence-electron chi connectivity index (χ2n) is 3.57. The molecule has 0 aliphatic carbocycles. The standard InChI is InChI=1S/C9H6F3NO5S/c10-9(11,12)19(16,17)18-13-7(14)5-3-1-2-4-6(5)8(13)15/h1-4,7,14H. The van der Waals surface area contributed by atoms with Gasteiger partial charge in [-0.05, 0) is 6.07 Å². The monoisotopic (exact) mass is 297 g/mol. The molecule has 0 fully saturated rings. The number of amides is 1. The second kappa shape index (κ2) is 4.18. The summed E-state index contributed by atoms with van der Waals surface area (Å²) in [5.41, 5.74) is -5.86. The number of benzene rings is 1. The molecule has 1 heterocycles. The zero-order valence-electron chi connectivity index (χ0n) is 8.96. The van der Waals surface area contributed by atoms with Gasteiger partial charge in [-0.15, -0.1) is 4.28 Å². The van der Waals surface area contributed by atoms with Gasteiger partial charge < -0.3 is 5.11 Å². The SMILES string of the molecule is O=C1c2ccccc2C(O)N1OS(=O)(=O)C(F)(F)F. The normalized spacial score (nSPS) is 19.7. The number of hydrogen-bond acceptors (Lipinski definition) is 5. The molecule has 1 amide bonds. The minimum atomic E-state index is -6.02. The van der Waals surface area contributed by atoms with Crippen LogP contribution in [-0.4, -0.2) is 30.0 Å². The van der Waals surface area contributed by atoms with Gasteiger partial charge in [0.05, 0.1) is 0 Å². The van der Waals surface area contributed by atoms with Crippen molar-refractivity contribution in [1.29, 1.82) is 0 Å². The highest BCUT2D eigenvalue weighted by molar-refractivity contribution is 7.87. The van der Waals surface area contributed by atoms with Gasteiger partial charge in [0.15, 0.2) is 6.23 Å². The summed E-state index contributed by atoms with van der Waals surface area (Å²) >= 11 is 0. The summed E-state index contributed by atoms with van der Waals surface area (Å²) in [6, 6.07) is 5.33. The molecule has 1 aromatic rings. The highest BCUT2D eigenvalue weighted by atomic mass is 32.2. The van der Waals surface area contributed by atoms with Crippen LogP contribution >= 0.6 is 0 Å². The summed E-state index contributed by atoms with van der Waals surface area (Å²) in [4.78, 5) is 11.6. The Morgan fingerprint density at radius 3 is 2.37 bits per heavy atom. The lowest BCUT2D eigenvalue weighted by Crippen LogP contribution is -2.36. The molecule has 1 aliphatic rings. The van der Waals surface area contributed by atoms with Crippen molar-refractivity contribution in [3.05, 3.63) is 35.4 Å². The number of fused-ring (bicyclic) bond motifs is 1. The Morgan fingerprint density at radius 2 is 1.84 bits per heavy atom. The molecule has 1 atom stereocenters. The van der Waals surface area contributed by atoms with E-state index < -0.39 is 27.8 Å². The highest BCUT2D eigenvalue weighted by Crippen LogP contribution is 2.35. The van der Waals surface area contributed by atoms with Crippen molar-refractivity contribution >= 4 is 16.0 Å². The number of hydroxylamine groups is 2. The molecule has 6 nitrogen and oxygen atoms in total. The smallest absolute Gasteiger partial charge is 0.367 e. The van der Waals surface area contributed by atoms with E-state index in [2.05, 4.69) is 4.28 Å². The largest absolute Gasteiger partial charge is 0.525 e. The van der Waals surface area contributed by atoms with Crippen molar-refractivity contribution in [1.82, 2.24) is 5.06 Å². The van der Waals surface area contributed by atoms with E-state index in [-0.39, 0.29) is 16.2 Å². The summed E-state index contributed by atoms with van der Waals surface area (Å²) in [7, 11) is -6.02. The molecule has 0 saturated heterocycles. The second-order valence-corrected chi connectivity index (χ2v) is 5.09. The van der Waals surface area contributed by atoms with Gasteiger partial charge in [-0.1, -0.05) is 18.2 Å². The Balaban J connectivity index is 2.34. The molecule has 1 N–H and O–H groups in total. The van der Waals surface area contributed by atoms with E-state index >= 15 is 0 Å². The third-order valence-electron chi connectivity index (χ3n) is 2.35. The maximum absolute atomic E-state index is 12.1. The lowest BCUT2D eigenvalue weighted by molar-refractivity contribution is -0.143. The van der Waals surface area contributed by atoms with E-state index in [1.807, 2.05) is 0 Å². The number of nitrogens with zero attached hydrogens (tertiary/aromatic N) is 1. The zero-order valence-corrected chi connectivity index (χ0v) is 9.77. The number of aliphatic hydroxyl groups excluding tert-OH is 1. The zero-order chi connectivity index (χ0) is 14.4. The number of hydrogen-bond donors (Lipinski definition) is 1. The molecule has 0 spiro atoms. The average molecular weight is 297 g/mol. The van der Waals surface area contributed by atoms with Crippen LogP contribution < -0.4 is 0 Å². The van der Waals surface area contributed by atoms with Gasteiger partial charge in [-0.25, -0.2) is 0 Å². The first-order chi connectivity index (χ1) is 8.65. The Bertz CT molecular complexity index is 627. The van der Waals surface area contributed by atoms with Crippen LogP contribution in [0.3, 0.4) is 0 Å². The Hall–Kier alpha value is -1.65. The van der Waals surface area contributed by atoms with E-state index in [1.165, 1.54) is 24.3 Å². The van der Waals surface area contributed by atoms with E-state index in [0.717, 1.165) is 0 Å². The fraction of sp³-hybridized carbons (Fsp3) is 0.222. The van der Waals surface area contributed by atoms with Crippen molar-refractivity contribution in [2.75, 3.05) is 0 Å². The topological polar surface area (TPSA) is 83.9 Å². The maximum atomic E-state index is 12.1. The van der Waals surface area contributed by atoms with E-state index in [4.69, 9.17) is 0 Å². The van der Waals surface area contributed by atoms with Crippen LogP contribution in [-0.2, 0) is 14.4 Å². The number of aliphatic hydroxyl groups is 1. The highest BCUT2D eigenvalue weighted by Gasteiger charge is 2.52. The van der Waals surface area contributed by atoms with Crippen LogP contribution in [0.2, 0.25) is 0 Å². The van der Waals surface area contributed by atoms with E-state index in [1.54, 1.807) is 0 Å². The molecule has 0 radical (unpaired) electrons. The van der Waals surface area contributed by atoms with Gasteiger partial charge >= 0.3 is 15.6 Å². The fourth-order valence-electron chi connectivity index (χ4n) is 1.50. The number of carbonyl (C=O) groups excluding carboxylic acids is 1. The summed E-state index contributed by atoms with van der Waals surface area (Å²) < 4.78 is 61.7. The maximum Gasteiger partial charge on any atom is 0.525 e. The van der Waals surface area contributed by atoms with Crippen LogP contribution in [0.15, 0.2) is 24.3 Å². The lowest BCUT2D eigenvalue weighted by Gasteiger charge is -2.19. The summed E-state index contributed by atoms with van der Waals surface area (Å²) in [6.07, 6.45) is -1.92. The quantitative estimate of drug-likeness (QED) is 0.820. The summed E-state index contributed by atoms with van der Waals surface area (Å²) in [5.74, 6) is -1.17. The van der Waals surface area contributed by atoms with Crippen LogP contribution in [0, 0.1) is 0 Å². The van der Waals surface area contributed by atoms with Crippen molar-refractivity contribution < 1.29 is 35.8 Å². The third kappa shape index (κ3) is 2.17. The van der Waals surface area contributed by atoms with Crippen molar-refractivity contribution in [3.63, 3.8) is 0 Å². The van der Waals surface area contributed by atoms with Gasteiger partial charge in [0.1, 0.15) is 0 Å². The molecule has 1 aliphatic heterocycles. The first kappa shape index (κ1) is 13.8. The lowest BCUT2D eigenvalue weighted by atomic mass is 10.1. The number of halogens is 3. The fourth-order valence-corrected chi connectivity index (χ4v) is 1.94. The molecule has 104 valence electrons. The minimum absolute atomic E-state index is 0.0372. The van der Waals surface area contributed by atoms with Gasteiger partial charge in [0, 0.05) is 11.1 Å². The number of rotatable bonds is 2. The van der Waals surface area contributed by atoms with Gasteiger partial charge in [-0.2, -0.15) is 26.7 Å². The summed E-state index contributed by atoms with van der Waals surface area (Å²) in [6.45, 7) is 0. The Labute approximate surface area is 105 Å². The molecular weight excluding hydrogens is 291 g/mol. The van der Waals surface area contributed by atoms with Gasteiger partial charge in [0.2, 0.25) is 0 Å². The Kier molecular flexibility index (Phi) is 3.03. The van der Waals surface area contributed by atoms with Crippen LogP contribution in [0.1, 0.15) is 22.1 Å². The van der Waals surface area contributed by atoms with Crippen LogP contribution in [0.25, 0.3) is 0 Å². The first-order valence-corrected chi connectivity index (χ1v) is 6.17. The molecule has 0 aromatic heterocycles. The molecule has 0 saturated carbocycles. The minimum Gasteiger partial charge on any atom is -0.367 e. The van der Waals surface area contributed by atoms with Crippen LogP contribution in [0.4, 0.5) is 13.2 Å². The average Bonchev–Trinajstić information content (AvgIpc) is 2.54. The molecule has 2 rings (SSSR count). The molecule has 19 heavy (non-hydrogen) atoms. The number of alkyl halides is 3. The summed E-state index contributed by atoms with van der Waals surface area (Å²) in [5, 5.41) is 9.36. The van der Waals surface area contributed by atoms with Gasteiger partial charge in [-0.3, -0.25) is 4.79 Å². The molecule has 0 bridgehead atoms. The molecular formula is C9H6F3NO5S. The van der Waals surface area contributed by atoms with Crippen molar-refractivity contribution in [3.8, 4) is 0 Å². The predicted molar refractivity (Wildman–Crippen MR) is 53.6 cm³/mol. The Morgan fingerprint density at radius 1 is 1.26 bits per heavy atom. The molecule has 10 heteroatoms. The molecule has 1 aromatic carbocycles. The van der Waals surface area contributed by atoms with Crippen molar-refractivity contribution in [2.45, 2.75) is 11.7 Å². The number of carbonyl (C=O) groups is 1. The van der Waals surface area contributed by atoms with Gasteiger partial charge in [0.25, 0.3) is 5.91 Å². The van der Waals surface area contributed by atoms with Crippen molar-refractivity contribution in [2.24, 2.45) is 0 Å². The van der Waals surface area contributed by atoms with E-state index in [0.29, 0.717) is 0 Å². The predicted octanol–water partition coefficient (Wildman–Crippen LogP) is 0.915. The first-order valence-electron chi connectivity index (χ1n) is 4.76. The third-order valence-corrected chi connectivity index (χ3v) is 3.28. The van der Waals surface area contributed by atoms with Crippen LogP contribution in [0.5, 0.6) is 0 Å². The van der Waals surface area contributed by atoms with E-state index in [9.17, 15) is 31.5 Å².